The molecule has 0 amide bonds. The van der Waals surface area contributed by atoms with E-state index in [0.29, 0.717) is 34.0 Å². The Hall–Kier alpha value is -5.61. The van der Waals surface area contributed by atoms with Gasteiger partial charge >= 0.3 is 0 Å². The molecule has 3 aromatic carbocycles. The number of nitrogens with zero attached hydrogens (tertiary/aromatic N) is 2. The number of nitrogens with two attached hydrogens (primary N) is 2. The second-order valence-electron chi connectivity index (χ2n) is 11.0. The number of aromatic amines is 1. The van der Waals surface area contributed by atoms with E-state index in [9.17, 15) is 19.5 Å². The van der Waals surface area contributed by atoms with Crippen LogP contribution in [0.3, 0.4) is 0 Å². The number of aryl methyl sites for hydroxylation is 1. The fourth-order valence-corrected chi connectivity index (χ4v) is 4.83. The van der Waals surface area contributed by atoms with Gasteiger partial charge in [-0.3, -0.25) is 14.4 Å². The summed E-state index contributed by atoms with van der Waals surface area (Å²) in [7, 11) is 3.89. The van der Waals surface area contributed by atoms with Gasteiger partial charge < -0.3 is 31.8 Å². The first kappa shape index (κ1) is 39.6. The van der Waals surface area contributed by atoms with Gasteiger partial charge in [-0.1, -0.05) is 24.3 Å². The number of nitrogen functional groups attached to an aromatic ring is 1. The molecule has 1 aliphatic heterocycles. The number of hydrogen-bond acceptors (Lipinski definition) is 9. The quantitative estimate of drug-likeness (QED) is 0.0423. The summed E-state index contributed by atoms with van der Waals surface area (Å²) < 4.78 is 0. The molecule has 0 atom stereocenters. The Kier molecular flexibility index (Phi) is 16.1. The van der Waals surface area contributed by atoms with Gasteiger partial charge in [0.1, 0.15) is 24.1 Å². The summed E-state index contributed by atoms with van der Waals surface area (Å²) in [4.78, 5) is 39.8. The van der Waals surface area contributed by atoms with Crippen LogP contribution in [-0.2, 0) is 11.2 Å². The van der Waals surface area contributed by atoms with Crippen molar-refractivity contribution in [2.24, 2.45) is 5.73 Å². The van der Waals surface area contributed by atoms with Crippen LogP contribution in [0, 0.1) is 6.92 Å². The van der Waals surface area contributed by atoms with E-state index < -0.39 is 0 Å². The maximum absolute atomic E-state index is 10.5. The van der Waals surface area contributed by atoms with Crippen LogP contribution in [0.4, 0.5) is 17.2 Å². The van der Waals surface area contributed by atoms with E-state index in [1.807, 2.05) is 24.3 Å². The lowest BCUT2D eigenvalue weighted by Crippen LogP contribution is -2.12. The van der Waals surface area contributed by atoms with Crippen LogP contribution >= 0.6 is 11.6 Å². The number of hydrogen-bond donors (Lipinski definition) is 5. The van der Waals surface area contributed by atoms with Crippen molar-refractivity contribution < 1.29 is 19.5 Å². The van der Waals surface area contributed by atoms with Crippen molar-refractivity contribution in [2.45, 2.75) is 27.2 Å². The highest BCUT2D eigenvalue weighted by Gasteiger charge is 2.21. The standard InChI is InChI=1S/C14H15NO.C9H9N3O.C7H7NO.C7H11NO.CH3Cl/c1-9-4-3-5-11-13(16)8-12-10(14(9)11)6-7-15(12)2;1-10-9-3-6-2-7(5-13)12-8(6)4-11-9;8-7-3-1-6(5-9)2-4-7;1-6(5-9)3-4-7(2)8;1-2/h3-5,8,16H,6-7H2,1-2H3;2-5,12H,1H3,(H,10,11);1-5H,8H2;3-5H,8H2,1-2H3;1H3/b;;;6-3+,7-4+;. The predicted octanol–water partition coefficient (Wildman–Crippen LogP) is 7.19. The summed E-state index contributed by atoms with van der Waals surface area (Å²) in [6.07, 6.45) is 10.0. The Balaban J connectivity index is 0.000000230. The molecule has 5 aromatic rings. The van der Waals surface area contributed by atoms with E-state index in [1.54, 1.807) is 69.6 Å². The van der Waals surface area contributed by atoms with Crippen molar-refractivity contribution >= 4 is 69.3 Å². The highest BCUT2D eigenvalue weighted by atomic mass is 35.5. The number of phenolic OH excluding ortho intramolecular Hbond substituents is 1. The first-order chi connectivity index (χ1) is 23.5. The van der Waals surface area contributed by atoms with Crippen molar-refractivity contribution in [3.63, 3.8) is 0 Å². The van der Waals surface area contributed by atoms with Crippen molar-refractivity contribution in [1.82, 2.24) is 9.97 Å². The van der Waals surface area contributed by atoms with Gasteiger partial charge in [0.2, 0.25) is 0 Å². The molecular weight excluding hydrogens is 640 g/mol. The molecule has 11 heteroatoms. The smallest absolute Gasteiger partial charge is 0.166 e. The zero-order valence-corrected chi connectivity index (χ0v) is 29.5. The topological polar surface area (TPSA) is 167 Å². The Morgan fingerprint density at radius 3 is 2.31 bits per heavy atom. The van der Waals surface area contributed by atoms with Crippen molar-refractivity contribution in [1.29, 1.82) is 0 Å². The van der Waals surface area contributed by atoms with Crippen molar-refractivity contribution in [3.8, 4) is 5.75 Å². The summed E-state index contributed by atoms with van der Waals surface area (Å²) >= 11 is 4.64. The molecule has 0 aliphatic carbocycles. The lowest BCUT2D eigenvalue weighted by atomic mass is 9.97. The molecule has 0 unspecified atom stereocenters. The van der Waals surface area contributed by atoms with Gasteiger partial charge in [0.25, 0.3) is 0 Å². The monoisotopic (exact) mass is 684 g/mol. The molecule has 0 fully saturated rings. The second kappa shape index (κ2) is 19.9. The molecule has 3 heterocycles. The third kappa shape index (κ3) is 11.5. The first-order valence-corrected chi connectivity index (χ1v) is 16.1. The summed E-state index contributed by atoms with van der Waals surface area (Å²) in [5.74, 6) is 1.19. The summed E-state index contributed by atoms with van der Waals surface area (Å²) in [6, 6.07) is 18.4. The molecule has 10 nitrogen and oxygen atoms in total. The van der Waals surface area contributed by atoms with Crippen LogP contribution in [0.2, 0.25) is 0 Å². The number of likely N-dealkylation sites (N-methyl/N-ethyl adjacent to an activating group) is 1. The van der Waals surface area contributed by atoms with Gasteiger partial charge in [-0.2, -0.15) is 0 Å². The highest BCUT2D eigenvalue weighted by molar-refractivity contribution is 6.15. The summed E-state index contributed by atoms with van der Waals surface area (Å²) in [6.45, 7) is 6.66. The summed E-state index contributed by atoms with van der Waals surface area (Å²) in [5.41, 5.74) is 18.6. The van der Waals surface area contributed by atoms with Gasteiger partial charge in [0.05, 0.1) is 17.4 Å². The van der Waals surface area contributed by atoms with E-state index in [4.69, 9.17) is 11.5 Å². The van der Waals surface area contributed by atoms with Crippen molar-refractivity contribution in [3.05, 3.63) is 113 Å². The number of alkyl halides is 1. The van der Waals surface area contributed by atoms with Crippen LogP contribution in [-0.4, -0.2) is 61.0 Å². The predicted molar refractivity (Wildman–Crippen MR) is 204 cm³/mol. The Bertz CT molecular complexity index is 1910. The number of aromatic nitrogens is 2. The van der Waals surface area contributed by atoms with Crippen LogP contribution in [0.5, 0.6) is 5.75 Å². The number of halogens is 1. The number of carbonyl (C=O) groups excluding carboxylic acids is 3. The zero-order chi connectivity index (χ0) is 36.5. The SMILES string of the molecule is C/C(N)=C\C=C(/C)C=O.CCl.CNc1cc2cc(C=O)[nH]c2cn1.Cc1cccc2c(O)cc3c(c12)CCN3C.Nc1ccc(C=O)cc1. The molecule has 6 rings (SSSR count). The number of rotatable bonds is 5. The number of fused-ring (bicyclic) bond motifs is 4. The number of allylic oxidation sites excluding steroid dienone is 4. The van der Waals surface area contributed by atoms with Gasteiger partial charge in [-0.25, -0.2) is 4.98 Å². The van der Waals surface area contributed by atoms with Crippen LogP contribution in [0.15, 0.2) is 90.3 Å². The molecule has 2 aromatic heterocycles. The fraction of sp³-hybridized carbons (Fsp3) is 0.211. The maximum Gasteiger partial charge on any atom is 0.166 e. The van der Waals surface area contributed by atoms with E-state index >= 15 is 0 Å². The third-order valence-corrected chi connectivity index (χ3v) is 7.32. The third-order valence-electron chi connectivity index (χ3n) is 7.32. The zero-order valence-electron chi connectivity index (χ0n) is 28.8. The van der Waals surface area contributed by atoms with Gasteiger partial charge in [0.15, 0.2) is 6.29 Å². The summed E-state index contributed by atoms with van der Waals surface area (Å²) in [5, 5.41) is 16.2. The largest absolute Gasteiger partial charge is 0.507 e. The van der Waals surface area contributed by atoms with Gasteiger partial charge in [-0.15, -0.1) is 11.6 Å². The molecule has 0 radical (unpaired) electrons. The lowest BCUT2D eigenvalue weighted by molar-refractivity contribution is -0.104. The number of aromatic hydroxyl groups is 1. The molecule has 0 bridgehead atoms. The number of aldehydes is 3. The van der Waals surface area contributed by atoms with E-state index in [2.05, 4.69) is 51.8 Å². The van der Waals surface area contributed by atoms with Crippen LogP contribution in [0.1, 0.15) is 45.8 Å². The Morgan fingerprint density at radius 2 is 1.71 bits per heavy atom. The Morgan fingerprint density at radius 1 is 1.02 bits per heavy atom. The number of anilines is 3. The van der Waals surface area contributed by atoms with E-state index in [0.717, 1.165) is 53.9 Å². The average Bonchev–Trinajstić information content (AvgIpc) is 3.71. The first-order valence-electron chi connectivity index (χ1n) is 15.3. The van der Waals surface area contributed by atoms with Crippen LogP contribution < -0.4 is 21.7 Å². The van der Waals surface area contributed by atoms with Gasteiger partial charge in [0, 0.05) is 66.5 Å². The molecular formula is C38H45ClN6O4. The lowest BCUT2D eigenvalue weighted by Gasteiger charge is -2.14. The molecule has 1 aliphatic rings. The maximum atomic E-state index is 10.5. The minimum absolute atomic E-state index is 0.395. The number of nitrogens with one attached hydrogen (secondary N) is 2. The number of phenols is 1. The normalized spacial score (nSPS) is 11.7. The number of carbonyl (C=O) groups is 3. The molecule has 49 heavy (non-hydrogen) atoms. The second-order valence-corrected chi connectivity index (χ2v) is 11.0. The van der Waals surface area contributed by atoms with Crippen LogP contribution in [0.25, 0.3) is 21.7 Å². The van der Waals surface area contributed by atoms with E-state index in [-0.39, 0.29) is 0 Å². The fourth-order valence-electron chi connectivity index (χ4n) is 4.83. The number of benzene rings is 3. The molecule has 258 valence electrons. The number of pyridine rings is 1. The number of H-pyrrole nitrogens is 1. The molecule has 0 saturated heterocycles. The van der Waals surface area contributed by atoms with E-state index in [1.165, 1.54) is 28.6 Å². The Labute approximate surface area is 292 Å². The molecule has 0 saturated carbocycles. The molecule has 0 spiro atoms. The van der Waals surface area contributed by atoms with Gasteiger partial charge in [-0.05, 0) is 91.8 Å². The highest BCUT2D eigenvalue weighted by Crippen LogP contribution is 2.40. The molecule has 7 N–H and O–H groups in total. The average molecular weight is 685 g/mol. The van der Waals surface area contributed by atoms with Crippen molar-refractivity contribution in [2.75, 3.05) is 43.0 Å². The minimum Gasteiger partial charge on any atom is -0.507 e. The minimum atomic E-state index is 0.395.